The first-order valence-electron chi connectivity index (χ1n) is 15.2. The number of hydrogen-bond acceptors (Lipinski definition) is 7. The summed E-state index contributed by atoms with van der Waals surface area (Å²) in [6.45, 7) is 17.9. The Hall–Kier alpha value is -6.57. The lowest BCUT2D eigenvalue weighted by Gasteiger charge is -2.15. The Bertz CT molecular complexity index is 2060. The average Bonchev–Trinajstić information content (AvgIpc) is 3.08. The molecule has 0 saturated heterocycles. The van der Waals surface area contributed by atoms with Crippen molar-refractivity contribution in [3.05, 3.63) is 144 Å². The van der Waals surface area contributed by atoms with Crippen molar-refractivity contribution in [3.63, 3.8) is 0 Å². The Morgan fingerprint density at radius 1 is 0.551 bits per heavy atom. The topological polar surface area (TPSA) is 88.1 Å². The summed E-state index contributed by atoms with van der Waals surface area (Å²) in [6.07, 6.45) is 0. The number of rotatable bonds is 9. The van der Waals surface area contributed by atoms with E-state index in [9.17, 15) is 14.4 Å². The molecule has 0 aliphatic rings. The van der Waals surface area contributed by atoms with Gasteiger partial charge in [0.2, 0.25) is 0 Å². The molecule has 0 amide bonds. The summed E-state index contributed by atoms with van der Waals surface area (Å²) in [7, 11) is 0. The zero-order valence-corrected chi connectivity index (χ0v) is 27.8. The minimum absolute atomic E-state index is 0.236. The maximum absolute atomic E-state index is 12.6. The van der Waals surface area contributed by atoms with Crippen molar-refractivity contribution in [2.45, 2.75) is 27.7 Å². The number of carbonyl (C=O) groups is 3. The molecule has 7 nitrogen and oxygen atoms in total. The van der Waals surface area contributed by atoms with Gasteiger partial charge in [-0.05, 0) is 100.0 Å². The second-order valence-electron chi connectivity index (χ2n) is 10.9. The first-order chi connectivity index (χ1) is 23.4. The summed E-state index contributed by atoms with van der Waals surface area (Å²) >= 11 is 0. The SMILES string of the molecule is C=C(C)C(=O)Oc1ccc(C#Cc2ccc(-c3cc(OC(=O)C(=C)C)c(C#Cc4ccc(OC(=O)C(=C)C)cc4)cc3OCC)cc2)cc1. The highest BCUT2D eigenvalue weighted by Crippen LogP contribution is 2.37. The van der Waals surface area contributed by atoms with E-state index >= 15 is 0 Å². The van der Waals surface area contributed by atoms with Gasteiger partial charge in [0.05, 0.1) is 12.2 Å². The highest BCUT2D eigenvalue weighted by atomic mass is 16.5. The molecule has 0 atom stereocenters. The summed E-state index contributed by atoms with van der Waals surface area (Å²) in [5.74, 6) is 12.4. The Morgan fingerprint density at radius 2 is 0.959 bits per heavy atom. The van der Waals surface area contributed by atoms with Gasteiger partial charge >= 0.3 is 17.9 Å². The quantitative estimate of drug-likeness (QED) is 0.0785. The van der Waals surface area contributed by atoms with Crippen molar-refractivity contribution >= 4 is 17.9 Å². The molecular formula is C42H34O7. The van der Waals surface area contributed by atoms with E-state index in [1.807, 2.05) is 31.2 Å². The predicted octanol–water partition coefficient (Wildman–Crippen LogP) is 8.00. The predicted molar refractivity (Wildman–Crippen MR) is 189 cm³/mol. The number of carbonyl (C=O) groups excluding carboxylic acids is 3. The van der Waals surface area contributed by atoms with E-state index in [0.29, 0.717) is 51.7 Å². The molecule has 0 unspecified atom stereocenters. The largest absolute Gasteiger partial charge is 0.493 e. The Morgan fingerprint density at radius 3 is 1.39 bits per heavy atom. The molecule has 7 heteroatoms. The molecule has 0 saturated carbocycles. The highest BCUT2D eigenvalue weighted by molar-refractivity contribution is 5.90. The van der Waals surface area contributed by atoms with E-state index in [1.54, 1.807) is 81.4 Å². The third kappa shape index (κ3) is 9.96. The molecule has 0 N–H and O–H groups in total. The van der Waals surface area contributed by atoms with E-state index < -0.39 is 17.9 Å². The number of benzene rings is 4. The molecule has 0 bridgehead atoms. The first kappa shape index (κ1) is 35.3. The summed E-state index contributed by atoms with van der Waals surface area (Å²) in [4.78, 5) is 36.2. The van der Waals surface area contributed by atoms with Gasteiger partial charge in [0.1, 0.15) is 23.0 Å². The first-order valence-corrected chi connectivity index (χ1v) is 15.2. The Kier molecular flexibility index (Phi) is 11.7. The van der Waals surface area contributed by atoms with Crippen LogP contribution >= 0.6 is 0 Å². The van der Waals surface area contributed by atoms with Gasteiger partial charge < -0.3 is 18.9 Å². The second kappa shape index (κ2) is 16.3. The maximum atomic E-state index is 12.6. The molecule has 0 heterocycles. The molecule has 4 aromatic rings. The van der Waals surface area contributed by atoms with E-state index in [2.05, 4.69) is 43.4 Å². The molecule has 0 radical (unpaired) electrons. The van der Waals surface area contributed by atoms with Crippen LogP contribution < -0.4 is 18.9 Å². The summed E-state index contributed by atoms with van der Waals surface area (Å²) in [5, 5.41) is 0. The highest BCUT2D eigenvalue weighted by Gasteiger charge is 2.16. The lowest BCUT2D eigenvalue weighted by Crippen LogP contribution is -2.10. The number of esters is 3. The summed E-state index contributed by atoms with van der Waals surface area (Å²) in [5.41, 5.74) is 4.96. The van der Waals surface area contributed by atoms with Crippen LogP contribution in [0.3, 0.4) is 0 Å². The van der Waals surface area contributed by atoms with Crippen molar-refractivity contribution in [2.75, 3.05) is 6.61 Å². The van der Waals surface area contributed by atoms with E-state index in [0.717, 1.165) is 16.7 Å². The maximum Gasteiger partial charge on any atom is 0.338 e. The monoisotopic (exact) mass is 650 g/mol. The van der Waals surface area contributed by atoms with Gasteiger partial charge in [0.15, 0.2) is 0 Å². The molecule has 0 aliphatic carbocycles. The van der Waals surface area contributed by atoms with Gasteiger partial charge in [-0.3, -0.25) is 0 Å². The molecule has 49 heavy (non-hydrogen) atoms. The summed E-state index contributed by atoms with van der Waals surface area (Å²) < 4.78 is 22.2. The Balaban J connectivity index is 1.62. The molecule has 0 aromatic heterocycles. The van der Waals surface area contributed by atoms with Crippen LogP contribution in [0.15, 0.2) is 121 Å². The molecule has 244 valence electrons. The van der Waals surface area contributed by atoms with E-state index in [1.165, 1.54) is 0 Å². The lowest BCUT2D eigenvalue weighted by molar-refractivity contribution is -0.130. The number of ether oxygens (including phenoxy) is 4. The van der Waals surface area contributed by atoms with Crippen molar-refractivity contribution in [1.29, 1.82) is 0 Å². The number of hydrogen-bond donors (Lipinski definition) is 0. The molecule has 4 aromatic carbocycles. The summed E-state index contributed by atoms with van der Waals surface area (Å²) in [6, 6.07) is 24.6. The van der Waals surface area contributed by atoms with E-state index in [-0.39, 0.29) is 11.3 Å². The fourth-order valence-electron chi connectivity index (χ4n) is 4.05. The van der Waals surface area contributed by atoms with Gasteiger partial charge in [-0.25, -0.2) is 14.4 Å². The van der Waals surface area contributed by atoms with Crippen LogP contribution in [0.1, 0.15) is 49.9 Å². The fraction of sp³-hybridized carbons (Fsp3) is 0.119. The third-order valence-corrected chi connectivity index (χ3v) is 6.65. The van der Waals surface area contributed by atoms with Gasteiger partial charge in [-0.2, -0.15) is 0 Å². The minimum Gasteiger partial charge on any atom is -0.493 e. The fourth-order valence-corrected chi connectivity index (χ4v) is 4.05. The van der Waals surface area contributed by atoms with Crippen LogP contribution in [0.25, 0.3) is 11.1 Å². The van der Waals surface area contributed by atoms with Crippen LogP contribution in [0.4, 0.5) is 0 Å². The zero-order valence-electron chi connectivity index (χ0n) is 27.8. The average molecular weight is 651 g/mol. The van der Waals surface area contributed by atoms with Crippen molar-refractivity contribution in [1.82, 2.24) is 0 Å². The molecule has 0 spiro atoms. The molecule has 4 rings (SSSR count). The standard InChI is InChI=1S/C42H34O7/c1-8-46-39-25-34(20-13-32-16-23-36(24-17-32)48-41(44)28(4)5)38(49-42(45)29(6)7)26-37(39)33-18-11-30(12-19-33)9-10-31-14-21-35(22-15-31)47-40(43)27(2)3/h11-12,14-19,21-26H,2,4,6,8H2,1,3,5,7H3. The van der Waals surface area contributed by atoms with Crippen LogP contribution in [0.5, 0.6) is 23.0 Å². The van der Waals surface area contributed by atoms with Crippen molar-refractivity contribution in [3.8, 4) is 57.8 Å². The Labute approximate surface area is 286 Å². The van der Waals surface area contributed by atoms with Crippen LogP contribution in [0.2, 0.25) is 0 Å². The van der Waals surface area contributed by atoms with Crippen molar-refractivity contribution in [2.24, 2.45) is 0 Å². The second-order valence-corrected chi connectivity index (χ2v) is 10.9. The minimum atomic E-state index is -0.588. The third-order valence-electron chi connectivity index (χ3n) is 6.65. The van der Waals surface area contributed by atoms with Crippen molar-refractivity contribution < 1.29 is 33.3 Å². The molecule has 0 fully saturated rings. The van der Waals surface area contributed by atoms with E-state index in [4.69, 9.17) is 18.9 Å². The smallest absolute Gasteiger partial charge is 0.338 e. The normalized spacial score (nSPS) is 9.88. The van der Waals surface area contributed by atoms with Crippen LogP contribution in [-0.2, 0) is 14.4 Å². The zero-order chi connectivity index (χ0) is 35.5. The van der Waals surface area contributed by atoms with Crippen LogP contribution in [-0.4, -0.2) is 24.5 Å². The van der Waals surface area contributed by atoms with Gasteiger partial charge in [-0.15, -0.1) is 0 Å². The lowest BCUT2D eigenvalue weighted by atomic mass is 10.00. The van der Waals surface area contributed by atoms with Gasteiger partial charge in [-0.1, -0.05) is 55.6 Å². The van der Waals surface area contributed by atoms with Gasteiger partial charge in [0.25, 0.3) is 0 Å². The van der Waals surface area contributed by atoms with Crippen LogP contribution in [0, 0.1) is 23.7 Å². The molecular weight excluding hydrogens is 616 g/mol. The van der Waals surface area contributed by atoms with Gasteiger partial charge in [0, 0.05) is 45.0 Å². The molecule has 0 aliphatic heterocycles.